The van der Waals surface area contributed by atoms with Crippen LogP contribution in [0.25, 0.3) is 0 Å². The molecule has 0 unspecified atom stereocenters. The lowest BCUT2D eigenvalue weighted by Crippen LogP contribution is -2.05. The Morgan fingerprint density at radius 2 is 2.00 bits per heavy atom. The van der Waals surface area contributed by atoms with Crippen LogP contribution in [-0.4, -0.2) is 0 Å². The molecule has 1 aliphatic rings. The number of nitriles is 1. The first-order chi connectivity index (χ1) is 5.43. The van der Waals surface area contributed by atoms with Gasteiger partial charge in [0.25, 0.3) is 0 Å². The number of rotatable bonds is 3. The molecule has 0 heterocycles. The second kappa shape index (κ2) is 5.18. The highest BCUT2D eigenvalue weighted by Gasteiger charge is 2.12. The molecule has 0 atom stereocenters. The maximum Gasteiger partial charge on any atom is 0.0669 e. The van der Waals surface area contributed by atoms with Crippen LogP contribution in [0.1, 0.15) is 44.9 Å². The summed E-state index contributed by atoms with van der Waals surface area (Å²) in [5.74, 6) is 0.924. The first-order valence-corrected chi connectivity index (χ1v) is 4.65. The molecule has 0 saturated heterocycles. The van der Waals surface area contributed by atoms with E-state index in [-0.39, 0.29) is 0 Å². The van der Waals surface area contributed by atoms with E-state index in [2.05, 4.69) is 6.07 Å². The summed E-state index contributed by atoms with van der Waals surface area (Å²) in [5.41, 5.74) is 0. The van der Waals surface area contributed by atoms with E-state index in [1.165, 1.54) is 38.5 Å². The highest BCUT2D eigenvalue weighted by Crippen LogP contribution is 2.27. The SMILES string of the molecule is N#C[CH]CCC1CCCCC1. The van der Waals surface area contributed by atoms with Crippen molar-refractivity contribution in [2.75, 3.05) is 0 Å². The van der Waals surface area contributed by atoms with Crippen LogP contribution in [0.5, 0.6) is 0 Å². The Kier molecular flexibility index (Phi) is 4.04. The number of nitrogens with zero attached hydrogens (tertiary/aromatic N) is 1. The van der Waals surface area contributed by atoms with Gasteiger partial charge in [-0.1, -0.05) is 32.1 Å². The van der Waals surface area contributed by atoms with Gasteiger partial charge in [0.2, 0.25) is 0 Å². The fourth-order valence-corrected chi connectivity index (χ4v) is 1.86. The molecule has 1 nitrogen and oxygen atoms in total. The molecule has 0 spiro atoms. The summed E-state index contributed by atoms with van der Waals surface area (Å²) >= 11 is 0. The Bertz CT molecular complexity index is 128. The molecule has 1 aliphatic carbocycles. The molecule has 0 bridgehead atoms. The van der Waals surface area contributed by atoms with Crippen molar-refractivity contribution in [1.29, 1.82) is 5.26 Å². The lowest BCUT2D eigenvalue weighted by Gasteiger charge is -2.20. The third kappa shape index (κ3) is 3.41. The van der Waals surface area contributed by atoms with Crippen LogP contribution in [0.2, 0.25) is 0 Å². The molecule has 0 amide bonds. The van der Waals surface area contributed by atoms with Gasteiger partial charge in [-0.05, 0) is 18.8 Å². The smallest absolute Gasteiger partial charge is 0.0669 e. The average Bonchev–Trinajstić information content (AvgIpc) is 2.07. The zero-order valence-corrected chi connectivity index (χ0v) is 7.05. The maximum absolute atomic E-state index is 8.29. The van der Waals surface area contributed by atoms with Gasteiger partial charge in [-0.2, -0.15) is 5.26 Å². The molecule has 0 aromatic carbocycles. The number of unbranched alkanes of at least 4 members (excludes halogenated alkanes) is 1. The van der Waals surface area contributed by atoms with E-state index < -0.39 is 0 Å². The fourth-order valence-electron chi connectivity index (χ4n) is 1.86. The van der Waals surface area contributed by atoms with E-state index in [1.807, 2.05) is 0 Å². The van der Waals surface area contributed by atoms with Gasteiger partial charge < -0.3 is 0 Å². The standard InChI is InChI=1S/C10H16N/c11-9-5-4-8-10-6-2-1-3-7-10/h5,10H,1-4,6-8H2. The van der Waals surface area contributed by atoms with E-state index in [0.717, 1.165) is 12.3 Å². The van der Waals surface area contributed by atoms with Gasteiger partial charge in [0.05, 0.1) is 12.5 Å². The van der Waals surface area contributed by atoms with E-state index in [4.69, 9.17) is 5.26 Å². The van der Waals surface area contributed by atoms with Gasteiger partial charge in [0.1, 0.15) is 0 Å². The molecular formula is C10H16N. The van der Waals surface area contributed by atoms with Crippen LogP contribution in [0.3, 0.4) is 0 Å². The Morgan fingerprint density at radius 1 is 1.27 bits per heavy atom. The Labute approximate surface area is 69.4 Å². The molecule has 0 aromatic heterocycles. The van der Waals surface area contributed by atoms with Crippen molar-refractivity contribution in [2.45, 2.75) is 44.9 Å². The van der Waals surface area contributed by atoms with Gasteiger partial charge in [-0.25, -0.2) is 0 Å². The van der Waals surface area contributed by atoms with Crippen molar-refractivity contribution in [3.05, 3.63) is 6.42 Å². The highest BCUT2D eigenvalue weighted by atomic mass is 14.2. The largest absolute Gasteiger partial charge is 0.198 e. The first-order valence-electron chi connectivity index (χ1n) is 4.65. The lowest BCUT2D eigenvalue weighted by molar-refractivity contribution is 0.339. The summed E-state index contributed by atoms with van der Waals surface area (Å²) in [6, 6.07) is 2.08. The van der Waals surface area contributed by atoms with Crippen molar-refractivity contribution in [1.82, 2.24) is 0 Å². The first kappa shape index (κ1) is 8.59. The maximum atomic E-state index is 8.29. The van der Waals surface area contributed by atoms with Crippen molar-refractivity contribution in [2.24, 2.45) is 5.92 Å². The summed E-state index contributed by atoms with van der Waals surface area (Å²) in [6.07, 6.45) is 11.0. The quantitative estimate of drug-likeness (QED) is 0.567. The molecule has 1 heteroatoms. The van der Waals surface area contributed by atoms with Crippen molar-refractivity contribution in [3.63, 3.8) is 0 Å². The monoisotopic (exact) mass is 150 g/mol. The summed E-state index contributed by atoms with van der Waals surface area (Å²) in [6.45, 7) is 0. The van der Waals surface area contributed by atoms with Crippen LogP contribution in [-0.2, 0) is 0 Å². The van der Waals surface area contributed by atoms with Crippen LogP contribution >= 0.6 is 0 Å². The van der Waals surface area contributed by atoms with Crippen molar-refractivity contribution in [3.8, 4) is 6.07 Å². The third-order valence-electron chi connectivity index (χ3n) is 2.54. The molecule has 0 aromatic rings. The molecule has 11 heavy (non-hydrogen) atoms. The fraction of sp³-hybridized carbons (Fsp3) is 0.800. The summed E-state index contributed by atoms with van der Waals surface area (Å²) in [5, 5.41) is 8.29. The molecule has 61 valence electrons. The second-order valence-corrected chi connectivity index (χ2v) is 3.41. The Hall–Kier alpha value is -0.510. The molecule has 1 fully saturated rings. The highest BCUT2D eigenvalue weighted by molar-refractivity contribution is 4.90. The zero-order chi connectivity index (χ0) is 7.94. The molecule has 1 rings (SSSR count). The normalized spacial score (nSPS) is 19.5. The molecule has 0 N–H and O–H groups in total. The predicted molar refractivity (Wildman–Crippen MR) is 45.7 cm³/mol. The average molecular weight is 150 g/mol. The minimum atomic E-state index is 0.924. The van der Waals surface area contributed by atoms with E-state index >= 15 is 0 Å². The van der Waals surface area contributed by atoms with Crippen molar-refractivity contribution >= 4 is 0 Å². The van der Waals surface area contributed by atoms with Crippen LogP contribution in [0.15, 0.2) is 0 Å². The molecular weight excluding hydrogens is 134 g/mol. The summed E-state index contributed by atoms with van der Waals surface area (Å²) < 4.78 is 0. The van der Waals surface area contributed by atoms with E-state index in [0.29, 0.717) is 0 Å². The molecule has 0 aliphatic heterocycles. The van der Waals surface area contributed by atoms with E-state index in [9.17, 15) is 0 Å². The topological polar surface area (TPSA) is 23.8 Å². The lowest BCUT2D eigenvalue weighted by atomic mass is 9.86. The number of hydrogen-bond donors (Lipinski definition) is 0. The minimum absolute atomic E-state index is 0.924. The second-order valence-electron chi connectivity index (χ2n) is 3.41. The Balaban J connectivity index is 2.01. The minimum Gasteiger partial charge on any atom is -0.198 e. The van der Waals surface area contributed by atoms with Crippen LogP contribution < -0.4 is 0 Å². The van der Waals surface area contributed by atoms with Gasteiger partial charge >= 0.3 is 0 Å². The molecule has 1 radical (unpaired) electrons. The van der Waals surface area contributed by atoms with Crippen LogP contribution in [0, 0.1) is 23.7 Å². The Morgan fingerprint density at radius 3 is 2.64 bits per heavy atom. The van der Waals surface area contributed by atoms with Gasteiger partial charge in [-0.3, -0.25) is 0 Å². The van der Waals surface area contributed by atoms with Gasteiger partial charge in [0.15, 0.2) is 0 Å². The summed E-state index contributed by atoms with van der Waals surface area (Å²) in [4.78, 5) is 0. The zero-order valence-electron chi connectivity index (χ0n) is 7.05. The van der Waals surface area contributed by atoms with Gasteiger partial charge in [0, 0.05) is 0 Å². The van der Waals surface area contributed by atoms with E-state index in [1.54, 1.807) is 6.42 Å². The number of hydrogen-bond acceptors (Lipinski definition) is 1. The molecule has 1 saturated carbocycles. The van der Waals surface area contributed by atoms with Gasteiger partial charge in [-0.15, -0.1) is 0 Å². The summed E-state index contributed by atoms with van der Waals surface area (Å²) in [7, 11) is 0. The van der Waals surface area contributed by atoms with Crippen LogP contribution in [0.4, 0.5) is 0 Å². The predicted octanol–water partition coefficient (Wildman–Crippen LogP) is 3.07. The van der Waals surface area contributed by atoms with Crippen molar-refractivity contribution < 1.29 is 0 Å². The third-order valence-corrected chi connectivity index (χ3v) is 2.54.